The van der Waals surface area contributed by atoms with E-state index in [1.165, 1.54) is 0 Å². The third-order valence-electron chi connectivity index (χ3n) is 4.10. The van der Waals surface area contributed by atoms with Gasteiger partial charge in [-0.1, -0.05) is 30.3 Å². The van der Waals surface area contributed by atoms with Gasteiger partial charge in [0.1, 0.15) is 30.9 Å². The lowest BCUT2D eigenvalue weighted by atomic mass is 10.1. The molecule has 3 rings (SSSR count). The summed E-state index contributed by atoms with van der Waals surface area (Å²) in [5.41, 5.74) is 3.80. The Labute approximate surface area is 141 Å². The predicted octanol–water partition coefficient (Wildman–Crippen LogP) is 2.59. The van der Waals surface area contributed by atoms with Crippen molar-refractivity contribution < 1.29 is 14.9 Å². The van der Waals surface area contributed by atoms with Crippen LogP contribution in [0.5, 0.6) is 5.75 Å². The topological polar surface area (TPSA) is 67.5 Å². The zero-order chi connectivity index (χ0) is 17.1. The lowest BCUT2D eigenvalue weighted by Gasteiger charge is -2.17. The number of aromatic nitrogens is 2. The molecule has 3 aromatic rings. The zero-order valence-corrected chi connectivity index (χ0v) is 13.9. The summed E-state index contributed by atoms with van der Waals surface area (Å²) in [5.74, 6) is 1.36. The van der Waals surface area contributed by atoms with Gasteiger partial charge in [0.15, 0.2) is 0 Å². The first kappa shape index (κ1) is 16.5. The lowest BCUT2D eigenvalue weighted by molar-refractivity contribution is 0.0908. The first-order valence-corrected chi connectivity index (χ1v) is 8.02. The molecule has 0 aliphatic rings. The van der Waals surface area contributed by atoms with E-state index in [2.05, 4.69) is 4.98 Å². The Bertz CT molecular complexity index is 821. The van der Waals surface area contributed by atoms with Crippen LogP contribution in [0, 0.1) is 13.8 Å². The van der Waals surface area contributed by atoms with E-state index in [-0.39, 0.29) is 13.2 Å². The van der Waals surface area contributed by atoms with Crippen LogP contribution in [0.3, 0.4) is 0 Å². The molecule has 0 aliphatic heterocycles. The molecule has 0 spiro atoms. The molecule has 0 fully saturated rings. The van der Waals surface area contributed by atoms with E-state index in [9.17, 15) is 10.2 Å². The van der Waals surface area contributed by atoms with Crippen molar-refractivity contribution in [3.63, 3.8) is 0 Å². The summed E-state index contributed by atoms with van der Waals surface area (Å²) in [7, 11) is 0. The molecule has 0 aliphatic carbocycles. The largest absolute Gasteiger partial charge is 0.490 e. The van der Waals surface area contributed by atoms with Crippen LogP contribution in [0.2, 0.25) is 0 Å². The summed E-state index contributed by atoms with van der Waals surface area (Å²) in [6.07, 6.45) is -0.702. The number of imidazole rings is 1. The smallest absolute Gasteiger partial charge is 0.135 e. The van der Waals surface area contributed by atoms with Crippen LogP contribution in [0.4, 0.5) is 0 Å². The number of fused-ring (bicyclic) bond motifs is 1. The lowest BCUT2D eigenvalue weighted by Crippen LogP contribution is -2.25. The Kier molecular flexibility index (Phi) is 4.83. The van der Waals surface area contributed by atoms with Crippen molar-refractivity contribution in [2.45, 2.75) is 33.1 Å². The van der Waals surface area contributed by atoms with Crippen LogP contribution in [-0.4, -0.2) is 32.5 Å². The number of aryl methyl sites for hydroxylation is 2. The Morgan fingerprint density at radius 3 is 2.50 bits per heavy atom. The van der Waals surface area contributed by atoms with Crippen LogP contribution in [0.25, 0.3) is 11.0 Å². The van der Waals surface area contributed by atoms with E-state index in [4.69, 9.17) is 4.74 Å². The molecule has 1 atom stereocenters. The molecule has 1 aromatic heterocycles. The zero-order valence-electron chi connectivity index (χ0n) is 13.9. The van der Waals surface area contributed by atoms with Gasteiger partial charge in [0.05, 0.1) is 17.6 Å². The summed E-state index contributed by atoms with van der Waals surface area (Å²) in [5, 5.41) is 19.9. The van der Waals surface area contributed by atoms with Gasteiger partial charge >= 0.3 is 0 Å². The summed E-state index contributed by atoms with van der Waals surface area (Å²) < 4.78 is 7.66. The molecule has 0 radical (unpaired) electrons. The van der Waals surface area contributed by atoms with Gasteiger partial charge in [-0.05, 0) is 37.1 Å². The second-order valence-corrected chi connectivity index (χ2v) is 5.97. The summed E-state index contributed by atoms with van der Waals surface area (Å²) in [6, 6.07) is 13.6. The number of aliphatic hydroxyl groups is 2. The Morgan fingerprint density at radius 2 is 1.79 bits per heavy atom. The van der Waals surface area contributed by atoms with Crippen LogP contribution in [0.15, 0.2) is 42.5 Å². The number of ether oxygens (including phenoxy) is 1. The molecule has 0 amide bonds. The summed E-state index contributed by atoms with van der Waals surface area (Å²) in [4.78, 5) is 4.39. The number of hydrogen-bond acceptors (Lipinski definition) is 4. The van der Waals surface area contributed by atoms with E-state index >= 15 is 0 Å². The number of nitrogens with zero attached hydrogens (tertiary/aromatic N) is 2. The molecule has 0 saturated carbocycles. The van der Waals surface area contributed by atoms with Gasteiger partial charge in [-0.15, -0.1) is 0 Å². The first-order valence-electron chi connectivity index (χ1n) is 8.02. The minimum absolute atomic E-state index is 0.168. The SMILES string of the molecule is Cc1cccc(C)c1OCC(O)Cn1c(CO)nc2ccccc21. The molecular weight excluding hydrogens is 304 g/mol. The molecule has 0 bridgehead atoms. The Hall–Kier alpha value is -2.37. The first-order chi connectivity index (χ1) is 11.6. The van der Waals surface area contributed by atoms with Gasteiger partial charge in [-0.2, -0.15) is 0 Å². The fourth-order valence-corrected chi connectivity index (χ4v) is 2.92. The van der Waals surface area contributed by atoms with Crippen molar-refractivity contribution in [2.24, 2.45) is 0 Å². The highest BCUT2D eigenvalue weighted by Crippen LogP contribution is 2.23. The molecular formula is C19H22N2O3. The number of aliphatic hydroxyl groups excluding tert-OH is 2. The fraction of sp³-hybridized carbons (Fsp3) is 0.316. The van der Waals surface area contributed by atoms with Gasteiger partial charge in [-0.3, -0.25) is 0 Å². The van der Waals surface area contributed by atoms with Crippen LogP contribution < -0.4 is 4.74 Å². The van der Waals surface area contributed by atoms with E-state index in [0.717, 1.165) is 27.9 Å². The molecule has 126 valence electrons. The number of benzene rings is 2. The molecule has 1 heterocycles. The highest BCUT2D eigenvalue weighted by Gasteiger charge is 2.15. The van der Waals surface area contributed by atoms with Gasteiger partial charge in [0.25, 0.3) is 0 Å². The Balaban J connectivity index is 1.74. The monoisotopic (exact) mass is 326 g/mol. The van der Waals surface area contributed by atoms with Gasteiger partial charge in [0, 0.05) is 0 Å². The van der Waals surface area contributed by atoms with E-state index < -0.39 is 6.10 Å². The quantitative estimate of drug-likeness (QED) is 0.731. The molecule has 1 unspecified atom stereocenters. The molecule has 2 N–H and O–H groups in total. The van der Waals surface area contributed by atoms with Crippen molar-refractivity contribution in [3.8, 4) is 5.75 Å². The summed E-state index contributed by atoms with van der Waals surface area (Å²) in [6.45, 7) is 4.31. The standard InChI is InChI=1S/C19H22N2O3/c1-13-6-5-7-14(2)19(13)24-12-15(23)10-21-17-9-4-3-8-16(17)20-18(21)11-22/h3-9,15,22-23H,10-12H2,1-2H3. The van der Waals surface area contributed by atoms with Crippen LogP contribution in [-0.2, 0) is 13.2 Å². The predicted molar refractivity (Wildman–Crippen MR) is 93.1 cm³/mol. The van der Waals surface area contributed by atoms with Crippen molar-refractivity contribution in [3.05, 3.63) is 59.4 Å². The third kappa shape index (κ3) is 3.27. The fourth-order valence-electron chi connectivity index (χ4n) is 2.92. The van der Waals surface area contributed by atoms with Gasteiger partial charge in [-0.25, -0.2) is 4.98 Å². The number of para-hydroxylation sites is 3. The highest BCUT2D eigenvalue weighted by molar-refractivity contribution is 5.75. The van der Waals surface area contributed by atoms with Crippen molar-refractivity contribution >= 4 is 11.0 Å². The molecule has 0 saturated heterocycles. The van der Waals surface area contributed by atoms with Crippen LogP contribution in [0.1, 0.15) is 17.0 Å². The van der Waals surface area contributed by atoms with E-state index in [1.54, 1.807) is 0 Å². The number of rotatable bonds is 6. The van der Waals surface area contributed by atoms with Crippen molar-refractivity contribution in [1.82, 2.24) is 9.55 Å². The average Bonchev–Trinajstić information content (AvgIpc) is 2.92. The van der Waals surface area contributed by atoms with E-state index in [1.807, 2.05) is 60.9 Å². The molecule has 2 aromatic carbocycles. The normalized spacial score (nSPS) is 12.5. The van der Waals surface area contributed by atoms with E-state index in [0.29, 0.717) is 12.4 Å². The minimum atomic E-state index is -0.702. The minimum Gasteiger partial charge on any atom is -0.490 e. The van der Waals surface area contributed by atoms with Crippen molar-refractivity contribution in [1.29, 1.82) is 0 Å². The number of hydrogen-bond donors (Lipinski definition) is 2. The maximum Gasteiger partial charge on any atom is 0.135 e. The summed E-state index contributed by atoms with van der Waals surface area (Å²) >= 11 is 0. The molecule has 24 heavy (non-hydrogen) atoms. The van der Waals surface area contributed by atoms with Crippen LogP contribution >= 0.6 is 0 Å². The second-order valence-electron chi connectivity index (χ2n) is 5.97. The third-order valence-corrected chi connectivity index (χ3v) is 4.10. The Morgan fingerprint density at radius 1 is 1.08 bits per heavy atom. The molecule has 5 heteroatoms. The molecule has 5 nitrogen and oxygen atoms in total. The maximum atomic E-state index is 10.4. The average molecular weight is 326 g/mol. The second kappa shape index (κ2) is 7.03. The maximum absolute atomic E-state index is 10.4. The van der Waals surface area contributed by atoms with Crippen molar-refractivity contribution in [2.75, 3.05) is 6.61 Å². The highest BCUT2D eigenvalue weighted by atomic mass is 16.5. The van der Waals surface area contributed by atoms with Gasteiger partial charge in [0.2, 0.25) is 0 Å². The van der Waals surface area contributed by atoms with Gasteiger partial charge < -0.3 is 19.5 Å².